The number of furan rings is 1. The number of nitrogens with zero attached hydrogens (tertiary/aromatic N) is 1. The highest BCUT2D eigenvalue weighted by atomic mass is 16.5. The molecule has 0 spiro atoms. The molecular weight excluding hydrogens is 464 g/mol. The molecule has 1 aliphatic carbocycles. The average molecular weight is 493 g/mol. The number of esters is 1. The fourth-order valence-corrected chi connectivity index (χ4v) is 4.71. The molecule has 0 aliphatic heterocycles. The lowest BCUT2D eigenvalue weighted by molar-refractivity contribution is -0.121. The van der Waals surface area contributed by atoms with Crippen molar-refractivity contribution in [2.75, 3.05) is 0 Å². The van der Waals surface area contributed by atoms with Gasteiger partial charge < -0.3 is 9.15 Å². The molecule has 0 saturated carbocycles. The number of benzene rings is 3. The highest BCUT2D eigenvalue weighted by Crippen LogP contribution is 2.31. The Hall–Kier alpha value is -4.45. The Morgan fingerprint density at radius 1 is 0.865 bits per heavy atom. The lowest BCUT2D eigenvalue weighted by atomic mass is 9.91. The molecule has 37 heavy (non-hydrogen) atoms. The van der Waals surface area contributed by atoms with Crippen LogP contribution in [0, 0.1) is 13.8 Å². The van der Waals surface area contributed by atoms with Gasteiger partial charge in [-0.3, -0.25) is 4.79 Å². The Morgan fingerprint density at radius 3 is 2.11 bits per heavy atom. The van der Waals surface area contributed by atoms with Crippen molar-refractivity contribution in [3.05, 3.63) is 124 Å². The van der Waals surface area contributed by atoms with E-state index in [4.69, 9.17) is 9.15 Å². The molecule has 0 unspecified atom stereocenters. The molecule has 0 atom stereocenters. The van der Waals surface area contributed by atoms with Crippen LogP contribution >= 0.6 is 0 Å². The monoisotopic (exact) mass is 492 g/mol. The first kappa shape index (κ1) is 24.3. The first-order chi connectivity index (χ1) is 18.0. The number of fused-ring (bicyclic) bond motifs is 1. The Labute approximate surface area is 216 Å². The van der Waals surface area contributed by atoms with E-state index in [1.807, 2.05) is 86.6 Å². The molecule has 1 aromatic heterocycles. The van der Waals surface area contributed by atoms with Gasteiger partial charge in [-0.15, -0.1) is 0 Å². The molecule has 0 radical (unpaired) electrons. The van der Waals surface area contributed by atoms with Crippen molar-refractivity contribution in [3.8, 4) is 5.75 Å². The maximum absolute atomic E-state index is 13.4. The van der Waals surface area contributed by atoms with Crippen LogP contribution in [0.3, 0.4) is 0 Å². The maximum Gasteiger partial charge on any atom is 0.379 e. The van der Waals surface area contributed by atoms with Crippen LogP contribution in [0.5, 0.6) is 5.75 Å². The molecule has 1 heterocycles. The number of aryl methyl sites for hydroxylation is 2. The maximum atomic E-state index is 13.4. The zero-order valence-electron chi connectivity index (χ0n) is 20.9. The number of carbonyl (C=O) groups is 2. The zero-order chi connectivity index (χ0) is 25.8. The van der Waals surface area contributed by atoms with E-state index in [2.05, 4.69) is 10.5 Å². The molecule has 6 nitrogen and oxygen atoms in total. The Morgan fingerprint density at radius 2 is 1.49 bits per heavy atom. The van der Waals surface area contributed by atoms with E-state index in [0.717, 1.165) is 28.7 Å². The summed E-state index contributed by atoms with van der Waals surface area (Å²) in [6.45, 7) is 3.80. The van der Waals surface area contributed by atoms with Crippen molar-refractivity contribution < 1.29 is 18.7 Å². The number of carbonyl (C=O) groups excluding carboxylic acids is 2. The minimum absolute atomic E-state index is 0.165. The molecule has 1 amide bonds. The van der Waals surface area contributed by atoms with Gasteiger partial charge in [-0.2, -0.15) is 5.10 Å². The quantitative estimate of drug-likeness (QED) is 0.200. The smallest absolute Gasteiger partial charge is 0.379 e. The second-order valence-corrected chi connectivity index (χ2v) is 9.20. The fraction of sp³-hybridized carbons (Fsp3) is 0.194. The van der Waals surface area contributed by atoms with Gasteiger partial charge in [-0.25, -0.2) is 10.2 Å². The van der Waals surface area contributed by atoms with Gasteiger partial charge in [0.2, 0.25) is 5.76 Å². The van der Waals surface area contributed by atoms with E-state index < -0.39 is 11.9 Å². The van der Waals surface area contributed by atoms with E-state index in [1.165, 1.54) is 0 Å². The summed E-state index contributed by atoms with van der Waals surface area (Å²) >= 11 is 0. The fourth-order valence-electron chi connectivity index (χ4n) is 4.71. The molecule has 0 bridgehead atoms. The standard InChI is InChI=1S/C31H28N2O4/c1-20-16-18-24(19-17-20)36-31(35)29-21(2)27-25(14-9-15-26(27)37-29)32-33-30(34)28(22-10-5-3-6-11-22)23-12-7-4-8-13-23/h3-8,10-13,16-19,28H,9,14-15H2,1-2H3,(H,33,34)/b32-25+. The van der Waals surface area contributed by atoms with E-state index >= 15 is 0 Å². The number of nitrogens with one attached hydrogen (secondary N) is 1. The lowest BCUT2D eigenvalue weighted by Crippen LogP contribution is -2.28. The minimum Gasteiger partial charge on any atom is -0.453 e. The van der Waals surface area contributed by atoms with Gasteiger partial charge in [-0.05, 0) is 49.9 Å². The van der Waals surface area contributed by atoms with E-state index in [-0.39, 0.29) is 11.7 Å². The van der Waals surface area contributed by atoms with Crippen molar-refractivity contribution in [3.63, 3.8) is 0 Å². The third-order valence-corrected chi connectivity index (χ3v) is 6.57. The van der Waals surface area contributed by atoms with E-state index in [1.54, 1.807) is 12.1 Å². The number of rotatable bonds is 6. The first-order valence-corrected chi connectivity index (χ1v) is 12.4. The van der Waals surface area contributed by atoms with Crippen molar-refractivity contribution in [1.29, 1.82) is 0 Å². The van der Waals surface area contributed by atoms with Gasteiger partial charge in [0.1, 0.15) is 11.5 Å². The van der Waals surface area contributed by atoms with Crippen LogP contribution in [0.15, 0.2) is 94.4 Å². The molecule has 1 N–H and O–H groups in total. The Bertz CT molecular complexity index is 1400. The van der Waals surface area contributed by atoms with Crippen LogP contribution in [-0.4, -0.2) is 17.6 Å². The Kier molecular flexibility index (Phi) is 6.99. The van der Waals surface area contributed by atoms with Gasteiger partial charge in [0, 0.05) is 17.5 Å². The highest BCUT2D eigenvalue weighted by molar-refractivity contribution is 6.06. The molecule has 5 rings (SSSR count). The second-order valence-electron chi connectivity index (χ2n) is 9.20. The summed E-state index contributed by atoms with van der Waals surface area (Å²) in [7, 11) is 0. The van der Waals surface area contributed by atoms with Gasteiger partial charge in [0.15, 0.2) is 0 Å². The third-order valence-electron chi connectivity index (χ3n) is 6.57. The summed E-state index contributed by atoms with van der Waals surface area (Å²) in [4.78, 5) is 26.3. The van der Waals surface area contributed by atoms with Crippen LogP contribution < -0.4 is 10.2 Å². The van der Waals surface area contributed by atoms with Crippen LogP contribution in [-0.2, 0) is 11.2 Å². The number of hydrazone groups is 1. The molecule has 0 fully saturated rings. The molecule has 3 aromatic carbocycles. The largest absolute Gasteiger partial charge is 0.453 e. The number of hydrogen-bond donors (Lipinski definition) is 1. The normalized spacial score (nSPS) is 13.9. The summed E-state index contributed by atoms with van der Waals surface area (Å²) < 4.78 is 11.5. The van der Waals surface area contributed by atoms with Crippen molar-refractivity contribution in [2.45, 2.75) is 39.0 Å². The van der Waals surface area contributed by atoms with Crippen molar-refractivity contribution in [1.82, 2.24) is 5.43 Å². The van der Waals surface area contributed by atoms with E-state index in [9.17, 15) is 9.59 Å². The lowest BCUT2D eigenvalue weighted by Gasteiger charge is -2.18. The van der Waals surface area contributed by atoms with Crippen LogP contribution in [0.25, 0.3) is 0 Å². The van der Waals surface area contributed by atoms with Crippen LogP contribution in [0.1, 0.15) is 62.9 Å². The minimum atomic E-state index is -0.549. The summed E-state index contributed by atoms with van der Waals surface area (Å²) in [5, 5.41) is 4.53. The van der Waals surface area contributed by atoms with Crippen molar-refractivity contribution >= 4 is 17.6 Å². The molecule has 1 aliphatic rings. The predicted molar refractivity (Wildman–Crippen MR) is 142 cm³/mol. The van der Waals surface area contributed by atoms with Crippen LogP contribution in [0.2, 0.25) is 0 Å². The molecule has 0 saturated heterocycles. The van der Waals surface area contributed by atoms with Gasteiger partial charge >= 0.3 is 5.97 Å². The van der Waals surface area contributed by atoms with Gasteiger partial charge in [0.05, 0.1) is 11.6 Å². The molecule has 186 valence electrons. The number of hydrogen-bond acceptors (Lipinski definition) is 5. The predicted octanol–water partition coefficient (Wildman–Crippen LogP) is 6.10. The molecule has 6 heteroatoms. The molecular formula is C31H28N2O4. The molecule has 4 aromatic rings. The topological polar surface area (TPSA) is 80.9 Å². The van der Waals surface area contributed by atoms with Gasteiger partial charge in [0.25, 0.3) is 5.91 Å². The Balaban J connectivity index is 1.40. The SMILES string of the molecule is Cc1ccc(OC(=O)c2oc3c(c2C)/C(=N/NC(=O)C(c2ccccc2)c2ccccc2)CCC3)cc1. The first-order valence-electron chi connectivity index (χ1n) is 12.4. The highest BCUT2D eigenvalue weighted by Gasteiger charge is 2.30. The van der Waals surface area contributed by atoms with Gasteiger partial charge in [-0.1, -0.05) is 78.4 Å². The second kappa shape index (κ2) is 10.7. The van der Waals surface area contributed by atoms with Crippen LogP contribution in [0.4, 0.5) is 0 Å². The average Bonchev–Trinajstić information content (AvgIpc) is 3.27. The number of ether oxygens (including phenoxy) is 1. The van der Waals surface area contributed by atoms with Crippen molar-refractivity contribution in [2.24, 2.45) is 5.10 Å². The summed E-state index contributed by atoms with van der Waals surface area (Å²) in [6, 6.07) is 26.6. The summed E-state index contributed by atoms with van der Waals surface area (Å²) in [5.74, 6) is 0.0384. The zero-order valence-corrected chi connectivity index (χ0v) is 20.9. The summed E-state index contributed by atoms with van der Waals surface area (Å²) in [6.07, 6.45) is 2.17. The number of amides is 1. The third kappa shape index (κ3) is 5.23. The summed E-state index contributed by atoms with van der Waals surface area (Å²) in [5.41, 5.74) is 7.79. The van der Waals surface area contributed by atoms with E-state index in [0.29, 0.717) is 35.6 Å².